The van der Waals surface area contributed by atoms with E-state index >= 15 is 0 Å². The summed E-state index contributed by atoms with van der Waals surface area (Å²) < 4.78 is 13.0. The van der Waals surface area contributed by atoms with Crippen molar-refractivity contribution < 1.29 is 29.3 Å². The van der Waals surface area contributed by atoms with Gasteiger partial charge in [0, 0.05) is 24.6 Å². The number of imide groups is 1. The molecule has 0 aromatic heterocycles. The molecular weight excluding hydrogens is 556 g/mol. The second kappa shape index (κ2) is 12.8. The van der Waals surface area contributed by atoms with E-state index in [0.29, 0.717) is 35.3 Å². The van der Waals surface area contributed by atoms with Crippen LogP contribution in [-0.4, -0.2) is 52.7 Å². The number of aliphatic hydroxyl groups excluding tert-OH is 2. The van der Waals surface area contributed by atoms with Crippen molar-refractivity contribution >= 4 is 17.5 Å². The molecule has 0 radical (unpaired) electrons. The molecule has 4 aromatic rings. The van der Waals surface area contributed by atoms with Crippen LogP contribution in [-0.2, 0) is 16.1 Å². The van der Waals surface area contributed by atoms with E-state index in [1.807, 2.05) is 74.6 Å². The van der Waals surface area contributed by atoms with Gasteiger partial charge in [-0.1, -0.05) is 78.9 Å². The zero-order chi connectivity index (χ0) is 30.8. The van der Waals surface area contributed by atoms with Crippen LogP contribution >= 0.6 is 0 Å². The summed E-state index contributed by atoms with van der Waals surface area (Å²) in [6.07, 6.45) is -1.43. The third-order valence-corrected chi connectivity index (χ3v) is 8.59. The van der Waals surface area contributed by atoms with Crippen LogP contribution in [0, 0.1) is 0 Å². The summed E-state index contributed by atoms with van der Waals surface area (Å²) in [6.45, 7) is 2.48. The number of fused-ring (bicyclic) bond motifs is 1. The standard InChI is InChI=1S/C36H36N2O6/c1-23(33(40)26-9-4-3-5-10-26)37(2)21-29-20-32(25-17-15-24(22-39)16-18-25)44-36(43-29)27-11-8-12-28(19-27)38-34(41)30-13-6-7-14-31(30)35(38)42/h3-19,23,29,32-33,36,39-40H,20-22H2,1-2H3. The quantitative estimate of drug-likeness (QED) is 0.245. The van der Waals surface area contributed by atoms with Crippen LogP contribution in [0.25, 0.3) is 0 Å². The summed E-state index contributed by atoms with van der Waals surface area (Å²) in [5.74, 6) is -0.721. The molecule has 2 aliphatic rings. The highest BCUT2D eigenvalue weighted by Gasteiger charge is 2.38. The van der Waals surface area contributed by atoms with Gasteiger partial charge in [0.15, 0.2) is 6.29 Å². The van der Waals surface area contributed by atoms with E-state index in [2.05, 4.69) is 4.90 Å². The number of aliphatic hydroxyl groups is 2. The number of amides is 2. The van der Waals surface area contributed by atoms with Crippen molar-refractivity contribution in [1.82, 2.24) is 4.90 Å². The molecule has 0 aliphatic carbocycles. The number of likely N-dealkylation sites (N-methyl/N-ethyl adjacent to an activating group) is 1. The molecule has 8 heteroatoms. The summed E-state index contributed by atoms with van der Waals surface area (Å²) in [5, 5.41) is 20.6. The van der Waals surface area contributed by atoms with E-state index in [-0.39, 0.29) is 36.7 Å². The van der Waals surface area contributed by atoms with E-state index < -0.39 is 12.4 Å². The maximum atomic E-state index is 13.2. The fourth-order valence-corrected chi connectivity index (χ4v) is 5.92. The molecule has 44 heavy (non-hydrogen) atoms. The number of rotatable bonds is 9. The van der Waals surface area contributed by atoms with Gasteiger partial charge in [0.25, 0.3) is 11.8 Å². The molecule has 1 saturated heterocycles. The van der Waals surface area contributed by atoms with Crippen LogP contribution < -0.4 is 4.90 Å². The van der Waals surface area contributed by atoms with Gasteiger partial charge in [-0.25, -0.2) is 4.90 Å². The largest absolute Gasteiger partial charge is 0.392 e. The summed E-state index contributed by atoms with van der Waals surface area (Å²) in [4.78, 5) is 29.6. The Labute approximate surface area is 257 Å². The van der Waals surface area contributed by atoms with Crippen molar-refractivity contribution in [3.05, 3.63) is 137 Å². The minimum atomic E-state index is -0.769. The molecule has 2 aliphatic heterocycles. The zero-order valence-electron chi connectivity index (χ0n) is 24.7. The first-order valence-corrected chi connectivity index (χ1v) is 14.9. The Morgan fingerprint density at radius 1 is 0.841 bits per heavy atom. The first kappa shape index (κ1) is 29.9. The number of hydrogen-bond donors (Lipinski definition) is 2. The topological polar surface area (TPSA) is 99.5 Å². The third kappa shape index (κ3) is 5.95. The van der Waals surface area contributed by atoms with Gasteiger partial charge in [0.2, 0.25) is 0 Å². The molecule has 1 fully saturated rings. The maximum Gasteiger partial charge on any atom is 0.266 e. The van der Waals surface area contributed by atoms with Crippen LogP contribution in [0.5, 0.6) is 0 Å². The van der Waals surface area contributed by atoms with Gasteiger partial charge >= 0.3 is 0 Å². The van der Waals surface area contributed by atoms with Crippen LogP contribution in [0.2, 0.25) is 0 Å². The van der Waals surface area contributed by atoms with E-state index in [1.54, 1.807) is 42.5 Å². The summed E-state index contributed by atoms with van der Waals surface area (Å²) in [6, 6.07) is 31.1. The molecule has 2 amide bonds. The van der Waals surface area contributed by atoms with Crippen LogP contribution in [0.4, 0.5) is 5.69 Å². The molecule has 5 atom stereocenters. The van der Waals surface area contributed by atoms with Crippen molar-refractivity contribution in [2.24, 2.45) is 0 Å². The number of ether oxygens (including phenoxy) is 2. The third-order valence-electron chi connectivity index (χ3n) is 8.59. The second-order valence-corrected chi connectivity index (χ2v) is 11.5. The first-order valence-electron chi connectivity index (χ1n) is 14.9. The van der Waals surface area contributed by atoms with Crippen LogP contribution in [0.15, 0.2) is 103 Å². The summed E-state index contributed by atoms with van der Waals surface area (Å²) in [5.41, 5.74) is 4.51. The number of carbonyl (C=O) groups excluding carboxylic acids is 2. The van der Waals surface area contributed by atoms with E-state index in [1.165, 1.54) is 4.90 Å². The van der Waals surface area contributed by atoms with Crippen molar-refractivity contribution in [3.63, 3.8) is 0 Å². The SMILES string of the molecule is CC(C(O)c1ccccc1)N(C)CC1CC(c2ccc(CO)cc2)OC(c2cccc(N3C(=O)c4ccccc4C3=O)c2)O1. The Morgan fingerprint density at radius 3 is 2.16 bits per heavy atom. The fourth-order valence-electron chi connectivity index (χ4n) is 5.92. The Hall–Kier alpha value is -4.18. The van der Waals surface area contributed by atoms with Gasteiger partial charge in [-0.3, -0.25) is 14.5 Å². The van der Waals surface area contributed by atoms with E-state index in [4.69, 9.17) is 9.47 Å². The van der Waals surface area contributed by atoms with E-state index in [0.717, 1.165) is 16.7 Å². The zero-order valence-corrected chi connectivity index (χ0v) is 24.7. The normalized spacial score (nSPS) is 21.4. The molecule has 5 unspecified atom stereocenters. The minimum Gasteiger partial charge on any atom is -0.392 e. The number of carbonyl (C=O) groups is 2. The first-order chi connectivity index (χ1) is 21.3. The highest BCUT2D eigenvalue weighted by atomic mass is 16.7. The molecule has 0 bridgehead atoms. The lowest BCUT2D eigenvalue weighted by atomic mass is 9.98. The lowest BCUT2D eigenvalue weighted by Crippen LogP contribution is -2.43. The van der Waals surface area contributed by atoms with Gasteiger partial charge in [-0.2, -0.15) is 0 Å². The smallest absolute Gasteiger partial charge is 0.266 e. The predicted molar refractivity (Wildman–Crippen MR) is 166 cm³/mol. The molecule has 226 valence electrons. The van der Waals surface area contributed by atoms with Gasteiger partial charge in [0.05, 0.1) is 41.7 Å². The average molecular weight is 593 g/mol. The van der Waals surface area contributed by atoms with Crippen LogP contribution in [0.3, 0.4) is 0 Å². The molecule has 2 N–H and O–H groups in total. The second-order valence-electron chi connectivity index (χ2n) is 11.5. The predicted octanol–water partition coefficient (Wildman–Crippen LogP) is 5.58. The molecule has 4 aromatic carbocycles. The Bertz CT molecular complexity index is 1590. The highest BCUT2D eigenvalue weighted by molar-refractivity contribution is 6.34. The van der Waals surface area contributed by atoms with Gasteiger partial charge < -0.3 is 19.7 Å². The molecule has 2 heterocycles. The summed E-state index contributed by atoms with van der Waals surface area (Å²) >= 11 is 0. The maximum absolute atomic E-state index is 13.2. The molecule has 0 saturated carbocycles. The van der Waals surface area contributed by atoms with Crippen molar-refractivity contribution in [3.8, 4) is 0 Å². The Morgan fingerprint density at radius 2 is 1.50 bits per heavy atom. The van der Waals surface area contributed by atoms with Gasteiger partial charge in [0.1, 0.15) is 0 Å². The van der Waals surface area contributed by atoms with Gasteiger partial charge in [-0.15, -0.1) is 0 Å². The molecule has 0 spiro atoms. The molecule has 6 rings (SSSR count). The lowest BCUT2D eigenvalue weighted by Gasteiger charge is -2.39. The summed E-state index contributed by atoms with van der Waals surface area (Å²) in [7, 11) is 1.97. The molecule has 8 nitrogen and oxygen atoms in total. The van der Waals surface area contributed by atoms with Crippen molar-refractivity contribution in [2.45, 2.75) is 50.6 Å². The van der Waals surface area contributed by atoms with Crippen molar-refractivity contribution in [2.75, 3.05) is 18.5 Å². The average Bonchev–Trinajstić information content (AvgIpc) is 3.33. The number of anilines is 1. The fraction of sp³-hybridized carbons (Fsp3) is 0.278. The monoisotopic (exact) mass is 592 g/mol. The number of nitrogens with zero attached hydrogens (tertiary/aromatic N) is 2. The highest BCUT2D eigenvalue weighted by Crippen LogP contribution is 2.40. The van der Waals surface area contributed by atoms with Crippen molar-refractivity contribution in [1.29, 1.82) is 0 Å². The number of benzene rings is 4. The Kier molecular flexibility index (Phi) is 8.70. The molecular formula is C36H36N2O6. The Balaban J connectivity index is 1.26. The van der Waals surface area contributed by atoms with E-state index in [9.17, 15) is 19.8 Å². The minimum absolute atomic E-state index is 0.0445. The lowest BCUT2D eigenvalue weighted by molar-refractivity contribution is -0.253. The van der Waals surface area contributed by atoms with Crippen LogP contribution in [0.1, 0.15) is 74.8 Å². The van der Waals surface area contributed by atoms with Gasteiger partial charge in [-0.05, 0) is 54.9 Å². The number of hydrogen-bond acceptors (Lipinski definition) is 7.